The van der Waals surface area contributed by atoms with Crippen LogP contribution in [-0.2, 0) is 4.79 Å². The molecule has 1 aliphatic rings. The SMILES string of the molecule is CN=C(NCC(=O)N(C)C)N1CCSC(C)(C)C1. The van der Waals surface area contributed by atoms with Gasteiger partial charge in [0.25, 0.3) is 0 Å². The van der Waals surface area contributed by atoms with Crippen molar-refractivity contribution in [2.45, 2.75) is 18.6 Å². The van der Waals surface area contributed by atoms with E-state index in [0.29, 0.717) is 6.54 Å². The first-order valence-electron chi connectivity index (χ1n) is 6.15. The van der Waals surface area contributed by atoms with Crippen molar-refractivity contribution in [1.82, 2.24) is 15.1 Å². The van der Waals surface area contributed by atoms with Gasteiger partial charge in [0, 0.05) is 44.7 Å². The summed E-state index contributed by atoms with van der Waals surface area (Å²) in [6.07, 6.45) is 0. The van der Waals surface area contributed by atoms with E-state index in [-0.39, 0.29) is 10.7 Å². The number of aliphatic imine (C=N–C) groups is 1. The summed E-state index contributed by atoms with van der Waals surface area (Å²) in [5.41, 5.74) is 0. The molecule has 104 valence electrons. The predicted molar refractivity (Wildman–Crippen MR) is 78.2 cm³/mol. The largest absolute Gasteiger partial charge is 0.347 e. The van der Waals surface area contributed by atoms with E-state index in [1.165, 1.54) is 0 Å². The van der Waals surface area contributed by atoms with Crippen LogP contribution in [0, 0.1) is 0 Å². The van der Waals surface area contributed by atoms with Crippen LogP contribution in [0.5, 0.6) is 0 Å². The zero-order valence-corrected chi connectivity index (χ0v) is 12.8. The van der Waals surface area contributed by atoms with E-state index in [9.17, 15) is 4.79 Å². The molecule has 0 bridgehead atoms. The van der Waals surface area contributed by atoms with E-state index in [1.54, 1.807) is 26.0 Å². The lowest BCUT2D eigenvalue weighted by molar-refractivity contribution is -0.127. The van der Waals surface area contributed by atoms with Gasteiger partial charge in [-0.1, -0.05) is 0 Å². The van der Waals surface area contributed by atoms with Crippen molar-refractivity contribution >= 4 is 23.6 Å². The number of rotatable bonds is 2. The third-order valence-corrected chi connectivity index (χ3v) is 4.13. The third-order valence-electron chi connectivity index (χ3n) is 2.83. The van der Waals surface area contributed by atoms with Gasteiger partial charge in [0.15, 0.2) is 5.96 Å². The second-order valence-electron chi connectivity index (χ2n) is 5.22. The molecule has 0 aromatic carbocycles. The lowest BCUT2D eigenvalue weighted by Gasteiger charge is -2.39. The van der Waals surface area contributed by atoms with Gasteiger partial charge in [-0.2, -0.15) is 11.8 Å². The Bertz CT molecular complexity index is 328. The van der Waals surface area contributed by atoms with Crippen LogP contribution < -0.4 is 5.32 Å². The molecule has 0 aliphatic carbocycles. The first-order valence-corrected chi connectivity index (χ1v) is 7.14. The van der Waals surface area contributed by atoms with Gasteiger partial charge >= 0.3 is 0 Å². The minimum atomic E-state index is 0.0572. The minimum absolute atomic E-state index is 0.0572. The Kier molecular flexibility index (Phi) is 5.31. The highest BCUT2D eigenvalue weighted by atomic mass is 32.2. The van der Waals surface area contributed by atoms with Crippen molar-refractivity contribution < 1.29 is 4.79 Å². The van der Waals surface area contributed by atoms with Gasteiger partial charge in [-0.15, -0.1) is 0 Å². The Labute approximate surface area is 114 Å². The minimum Gasteiger partial charge on any atom is -0.347 e. The molecule has 0 unspecified atom stereocenters. The molecule has 1 heterocycles. The van der Waals surface area contributed by atoms with E-state index in [2.05, 4.69) is 29.1 Å². The first-order chi connectivity index (χ1) is 8.35. The molecular formula is C12H24N4OS. The van der Waals surface area contributed by atoms with Gasteiger partial charge in [-0.3, -0.25) is 9.79 Å². The molecule has 1 aliphatic heterocycles. The van der Waals surface area contributed by atoms with E-state index >= 15 is 0 Å². The molecule has 1 amide bonds. The molecule has 0 atom stereocenters. The number of carbonyl (C=O) groups is 1. The van der Waals surface area contributed by atoms with Gasteiger partial charge in [0.2, 0.25) is 5.91 Å². The lowest BCUT2D eigenvalue weighted by atomic mass is 10.2. The molecule has 0 saturated carbocycles. The first kappa shape index (κ1) is 15.1. The van der Waals surface area contributed by atoms with E-state index in [0.717, 1.165) is 24.8 Å². The van der Waals surface area contributed by atoms with E-state index in [1.807, 2.05) is 11.8 Å². The lowest BCUT2D eigenvalue weighted by Crippen LogP contribution is -2.52. The number of nitrogens with zero attached hydrogens (tertiary/aromatic N) is 3. The summed E-state index contributed by atoms with van der Waals surface area (Å²) in [5.74, 6) is 1.97. The maximum Gasteiger partial charge on any atom is 0.241 e. The fraction of sp³-hybridized carbons (Fsp3) is 0.833. The topological polar surface area (TPSA) is 47.9 Å². The highest BCUT2D eigenvalue weighted by Crippen LogP contribution is 2.29. The number of guanidine groups is 1. The second kappa shape index (κ2) is 6.31. The molecule has 18 heavy (non-hydrogen) atoms. The zero-order valence-electron chi connectivity index (χ0n) is 12.0. The molecule has 0 aromatic heterocycles. The molecule has 1 rings (SSSR count). The van der Waals surface area contributed by atoms with Crippen LogP contribution in [-0.4, -0.2) is 72.9 Å². The highest BCUT2D eigenvalue weighted by molar-refractivity contribution is 8.00. The van der Waals surface area contributed by atoms with Gasteiger partial charge in [0.1, 0.15) is 0 Å². The second-order valence-corrected chi connectivity index (χ2v) is 7.02. The average Bonchev–Trinajstić information content (AvgIpc) is 2.28. The van der Waals surface area contributed by atoms with E-state index < -0.39 is 0 Å². The van der Waals surface area contributed by atoms with Crippen molar-refractivity contribution in [2.75, 3.05) is 46.5 Å². The van der Waals surface area contributed by atoms with Crippen LogP contribution in [0.2, 0.25) is 0 Å². The quantitative estimate of drug-likeness (QED) is 0.587. The van der Waals surface area contributed by atoms with Crippen molar-refractivity contribution in [1.29, 1.82) is 0 Å². The molecule has 5 nitrogen and oxygen atoms in total. The number of hydrogen-bond donors (Lipinski definition) is 1. The number of carbonyl (C=O) groups excluding carboxylic acids is 1. The molecule has 1 saturated heterocycles. The van der Waals surface area contributed by atoms with Crippen LogP contribution in [0.1, 0.15) is 13.8 Å². The van der Waals surface area contributed by atoms with Gasteiger partial charge in [-0.05, 0) is 13.8 Å². The monoisotopic (exact) mass is 272 g/mol. The zero-order chi connectivity index (χ0) is 13.8. The van der Waals surface area contributed by atoms with Gasteiger partial charge in [0.05, 0.1) is 6.54 Å². The fourth-order valence-electron chi connectivity index (χ4n) is 1.84. The summed E-state index contributed by atoms with van der Waals surface area (Å²) in [6.45, 7) is 6.70. The molecule has 1 N–H and O–H groups in total. The molecule has 0 aromatic rings. The number of likely N-dealkylation sites (N-methyl/N-ethyl adjacent to an activating group) is 1. The third kappa shape index (κ3) is 4.40. The molecule has 0 spiro atoms. The predicted octanol–water partition coefficient (Wildman–Crippen LogP) is 0.477. The number of nitrogens with one attached hydrogen (secondary N) is 1. The van der Waals surface area contributed by atoms with Crippen molar-refractivity contribution in [3.8, 4) is 0 Å². The summed E-state index contributed by atoms with van der Waals surface area (Å²) in [4.78, 5) is 19.6. The standard InChI is InChI=1S/C12H24N4OS/c1-12(2)9-16(6-7-18-12)11(13-3)14-8-10(17)15(4)5/h6-9H2,1-5H3,(H,13,14). The normalized spacial score (nSPS) is 19.6. The summed E-state index contributed by atoms with van der Waals surface area (Å²) >= 11 is 1.98. The van der Waals surface area contributed by atoms with E-state index in [4.69, 9.17) is 0 Å². The maximum absolute atomic E-state index is 11.6. The van der Waals surface area contributed by atoms with Crippen LogP contribution in [0.25, 0.3) is 0 Å². The van der Waals surface area contributed by atoms with Gasteiger partial charge in [-0.25, -0.2) is 0 Å². The van der Waals surface area contributed by atoms with Crippen molar-refractivity contribution in [2.24, 2.45) is 4.99 Å². The smallest absolute Gasteiger partial charge is 0.241 e. The Morgan fingerprint density at radius 2 is 2.17 bits per heavy atom. The summed E-state index contributed by atoms with van der Waals surface area (Å²) in [5, 5.41) is 3.13. The highest BCUT2D eigenvalue weighted by Gasteiger charge is 2.28. The molecule has 1 fully saturated rings. The van der Waals surface area contributed by atoms with Crippen LogP contribution in [0.4, 0.5) is 0 Å². The average molecular weight is 272 g/mol. The maximum atomic E-state index is 11.6. The molecular weight excluding hydrogens is 248 g/mol. The van der Waals surface area contributed by atoms with Gasteiger partial charge < -0.3 is 15.1 Å². The Balaban J connectivity index is 2.54. The Morgan fingerprint density at radius 3 is 2.67 bits per heavy atom. The van der Waals surface area contributed by atoms with Crippen LogP contribution in [0.3, 0.4) is 0 Å². The van der Waals surface area contributed by atoms with Crippen molar-refractivity contribution in [3.05, 3.63) is 0 Å². The van der Waals surface area contributed by atoms with Crippen LogP contribution >= 0.6 is 11.8 Å². The summed E-state index contributed by atoms with van der Waals surface area (Å²) in [7, 11) is 5.28. The molecule has 6 heteroatoms. The number of thioether (sulfide) groups is 1. The fourth-order valence-corrected chi connectivity index (χ4v) is 2.95. The van der Waals surface area contributed by atoms with Crippen molar-refractivity contribution in [3.63, 3.8) is 0 Å². The Hall–Kier alpha value is -0.910. The van der Waals surface area contributed by atoms with Crippen LogP contribution in [0.15, 0.2) is 4.99 Å². The Morgan fingerprint density at radius 1 is 1.50 bits per heavy atom. The number of amides is 1. The summed E-state index contributed by atoms with van der Waals surface area (Å²) in [6, 6.07) is 0. The summed E-state index contributed by atoms with van der Waals surface area (Å²) < 4.78 is 0.238. The number of hydrogen-bond acceptors (Lipinski definition) is 3. The molecule has 0 radical (unpaired) electrons.